The molecule has 0 atom stereocenters. The zero-order valence-electron chi connectivity index (χ0n) is 6.07. The number of nitrogens with one attached hydrogen (secondary N) is 1. The van der Waals surface area contributed by atoms with Crippen molar-refractivity contribution in [3.05, 3.63) is 24.0 Å². The summed E-state index contributed by atoms with van der Waals surface area (Å²) in [5.41, 5.74) is 0.486. The largest absolute Gasteiger partial charge is 0.329 e. The van der Waals surface area contributed by atoms with Gasteiger partial charge in [0.15, 0.2) is 0 Å². The molecule has 58 valence electrons. The molecule has 1 aliphatic heterocycles. The van der Waals surface area contributed by atoms with Gasteiger partial charge in [-0.2, -0.15) is 0 Å². The SMILES string of the molecule is CN(C=O)/C=C1\C=CNC1=O. The summed E-state index contributed by atoms with van der Waals surface area (Å²) < 4.78 is 0. The lowest BCUT2D eigenvalue weighted by Crippen LogP contribution is -2.15. The van der Waals surface area contributed by atoms with E-state index in [1.807, 2.05) is 0 Å². The van der Waals surface area contributed by atoms with Crippen LogP contribution in [0.2, 0.25) is 0 Å². The van der Waals surface area contributed by atoms with Crippen LogP contribution in [0.3, 0.4) is 0 Å². The average Bonchev–Trinajstić information content (AvgIpc) is 2.37. The molecule has 0 aromatic carbocycles. The molecule has 0 unspecified atom stereocenters. The Kier molecular flexibility index (Phi) is 2.06. The molecule has 0 saturated heterocycles. The highest BCUT2D eigenvalue weighted by atomic mass is 16.2. The van der Waals surface area contributed by atoms with Crippen molar-refractivity contribution in [1.29, 1.82) is 0 Å². The molecule has 4 heteroatoms. The lowest BCUT2D eigenvalue weighted by molar-refractivity contribution is -0.116. The van der Waals surface area contributed by atoms with E-state index in [0.717, 1.165) is 0 Å². The van der Waals surface area contributed by atoms with E-state index in [1.165, 1.54) is 17.3 Å². The molecule has 1 N–H and O–H groups in total. The van der Waals surface area contributed by atoms with Gasteiger partial charge in [-0.15, -0.1) is 0 Å². The van der Waals surface area contributed by atoms with Crippen LogP contribution in [0.5, 0.6) is 0 Å². The van der Waals surface area contributed by atoms with Crippen LogP contribution in [0, 0.1) is 0 Å². The van der Waals surface area contributed by atoms with Crippen molar-refractivity contribution in [3.8, 4) is 0 Å². The van der Waals surface area contributed by atoms with Crippen LogP contribution in [-0.4, -0.2) is 24.3 Å². The van der Waals surface area contributed by atoms with Crippen LogP contribution < -0.4 is 5.32 Å². The van der Waals surface area contributed by atoms with E-state index in [2.05, 4.69) is 5.32 Å². The minimum atomic E-state index is -0.182. The van der Waals surface area contributed by atoms with E-state index in [0.29, 0.717) is 12.0 Å². The van der Waals surface area contributed by atoms with Crippen molar-refractivity contribution in [2.45, 2.75) is 0 Å². The molecule has 1 heterocycles. The molecule has 2 amide bonds. The predicted octanol–water partition coefficient (Wildman–Crippen LogP) is -0.398. The fourth-order valence-corrected chi connectivity index (χ4v) is 0.718. The molecule has 0 spiro atoms. The highest BCUT2D eigenvalue weighted by molar-refractivity contribution is 5.99. The smallest absolute Gasteiger partial charge is 0.256 e. The standard InChI is InChI=1S/C7H8N2O2/c1-9(5-10)4-6-2-3-8-7(6)11/h2-5H,1H3,(H,8,11)/b6-4+. The number of hydrogen-bond acceptors (Lipinski definition) is 2. The lowest BCUT2D eigenvalue weighted by Gasteiger charge is -2.02. The maximum Gasteiger partial charge on any atom is 0.256 e. The number of nitrogens with zero attached hydrogens (tertiary/aromatic N) is 1. The maximum absolute atomic E-state index is 10.8. The first kappa shape index (κ1) is 7.53. The molecular weight excluding hydrogens is 144 g/mol. The van der Waals surface area contributed by atoms with Crippen LogP contribution in [0.25, 0.3) is 0 Å². The quantitative estimate of drug-likeness (QED) is 0.432. The maximum atomic E-state index is 10.8. The lowest BCUT2D eigenvalue weighted by atomic mass is 10.3. The second-order valence-corrected chi connectivity index (χ2v) is 2.16. The van der Waals surface area contributed by atoms with Crippen LogP contribution in [0.15, 0.2) is 24.0 Å². The predicted molar refractivity (Wildman–Crippen MR) is 39.2 cm³/mol. The van der Waals surface area contributed by atoms with Crippen LogP contribution in [0.1, 0.15) is 0 Å². The normalized spacial score (nSPS) is 18.6. The molecule has 1 rings (SSSR count). The van der Waals surface area contributed by atoms with Gasteiger partial charge in [-0.3, -0.25) is 9.59 Å². The molecule has 4 nitrogen and oxygen atoms in total. The molecule has 0 saturated carbocycles. The van der Waals surface area contributed by atoms with Crippen LogP contribution in [0.4, 0.5) is 0 Å². The van der Waals surface area contributed by atoms with E-state index >= 15 is 0 Å². The summed E-state index contributed by atoms with van der Waals surface area (Å²) in [6, 6.07) is 0. The van der Waals surface area contributed by atoms with Gasteiger partial charge in [0.1, 0.15) is 0 Å². The third-order valence-electron chi connectivity index (χ3n) is 1.25. The Morgan fingerprint density at radius 1 is 1.64 bits per heavy atom. The van der Waals surface area contributed by atoms with E-state index < -0.39 is 0 Å². The highest BCUT2D eigenvalue weighted by Crippen LogP contribution is 2.02. The third kappa shape index (κ3) is 1.67. The fourth-order valence-electron chi connectivity index (χ4n) is 0.718. The molecule has 1 aliphatic rings. The zero-order valence-corrected chi connectivity index (χ0v) is 6.07. The van der Waals surface area contributed by atoms with E-state index in [1.54, 1.807) is 13.1 Å². The summed E-state index contributed by atoms with van der Waals surface area (Å²) in [6.45, 7) is 0. The molecule has 0 aliphatic carbocycles. The number of amides is 2. The zero-order chi connectivity index (χ0) is 8.27. The van der Waals surface area contributed by atoms with E-state index in [9.17, 15) is 9.59 Å². The van der Waals surface area contributed by atoms with Gasteiger partial charge in [0.25, 0.3) is 5.91 Å². The summed E-state index contributed by atoms with van der Waals surface area (Å²) >= 11 is 0. The Hall–Kier alpha value is -1.58. The Morgan fingerprint density at radius 2 is 2.36 bits per heavy atom. The summed E-state index contributed by atoms with van der Waals surface area (Å²) in [4.78, 5) is 22.2. The highest BCUT2D eigenvalue weighted by Gasteiger charge is 2.09. The van der Waals surface area contributed by atoms with Crippen molar-refractivity contribution in [2.75, 3.05) is 7.05 Å². The number of carbonyl (C=O) groups excluding carboxylic acids is 2. The van der Waals surface area contributed by atoms with Crippen molar-refractivity contribution < 1.29 is 9.59 Å². The monoisotopic (exact) mass is 152 g/mol. The van der Waals surface area contributed by atoms with Crippen molar-refractivity contribution in [3.63, 3.8) is 0 Å². The Labute approximate surface area is 64.2 Å². The topological polar surface area (TPSA) is 49.4 Å². The van der Waals surface area contributed by atoms with Crippen molar-refractivity contribution >= 4 is 12.3 Å². The van der Waals surface area contributed by atoms with Gasteiger partial charge in [0, 0.05) is 19.4 Å². The number of rotatable bonds is 2. The summed E-state index contributed by atoms with van der Waals surface area (Å²) in [6.07, 6.45) is 5.24. The second-order valence-electron chi connectivity index (χ2n) is 2.16. The number of hydrogen-bond donors (Lipinski definition) is 1. The van der Waals surface area contributed by atoms with Gasteiger partial charge in [-0.25, -0.2) is 0 Å². The molecule has 0 radical (unpaired) electrons. The molecule has 11 heavy (non-hydrogen) atoms. The molecule has 0 fully saturated rings. The molecule has 0 bridgehead atoms. The van der Waals surface area contributed by atoms with Crippen LogP contribution in [-0.2, 0) is 9.59 Å². The van der Waals surface area contributed by atoms with Gasteiger partial charge in [0.05, 0.1) is 5.57 Å². The first-order valence-corrected chi connectivity index (χ1v) is 3.10. The van der Waals surface area contributed by atoms with Crippen molar-refractivity contribution in [2.24, 2.45) is 0 Å². The number of carbonyl (C=O) groups is 2. The Balaban J connectivity index is 2.72. The summed E-state index contributed by atoms with van der Waals surface area (Å²) in [7, 11) is 1.57. The molecular formula is C7H8N2O2. The van der Waals surface area contributed by atoms with Gasteiger partial charge in [0.2, 0.25) is 6.41 Å². The van der Waals surface area contributed by atoms with Crippen LogP contribution >= 0.6 is 0 Å². The van der Waals surface area contributed by atoms with Gasteiger partial charge in [-0.05, 0) is 6.08 Å². The third-order valence-corrected chi connectivity index (χ3v) is 1.25. The van der Waals surface area contributed by atoms with E-state index in [4.69, 9.17) is 0 Å². The second kappa shape index (κ2) is 3.01. The summed E-state index contributed by atoms with van der Waals surface area (Å²) in [5.74, 6) is -0.182. The minimum Gasteiger partial charge on any atom is -0.329 e. The average molecular weight is 152 g/mol. The van der Waals surface area contributed by atoms with Gasteiger partial charge >= 0.3 is 0 Å². The molecule has 0 aromatic rings. The Bertz CT molecular complexity index is 243. The minimum absolute atomic E-state index is 0.182. The van der Waals surface area contributed by atoms with Gasteiger partial charge < -0.3 is 10.2 Å². The van der Waals surface area contributed by atoms with Gasteiger partial charge in [-0.1, -0.05) is 0 Å². The first-order valence-electron chi connectivity index (χ1n) is 3.10. The Morgan fingerprint density at radius 3 is 2.82 bits per heavy atom. The van der Waals surface area contributed by atoms with Crippen molar-refractivity contribution in [1.82, 2.24) is 10.2 Å². The molecule has 0 aromatic heterocycles. The summed E-state index contributed by atoms with van der Waals surface area (Å²) in [5, 5.41) is 2.47. The first-order chi connectivity index (χ1) is 5.24. The fraction of sp³-hybridized carbons (Fsp3) is 0.143. The van der Waals surface area contributed by atoms with E-state index in [-0.39, 0.29) is 5.91 Å².